The van der Waals surface area contributed by atoms with E-state index < -0.39 is 0 Å². The number of carbonyl (C=O) groups excluding carboxylic acids is 1. The second kappa shape index (κ2) is 10.7. The molecule has 0 atom stereocenters. The molecular weight excluding hydrogens is 469 g/mol. The van der Waals surface area contributed by atoms with Gasteiger partial charge in [0.1, 0.15) is 11.3 Å². The monoisotopic (exact) mass is 499 g/mol. The van der Waals surface area contributed by atoms with Crippen molar-refractivity contribution in [3.05, 3.63) is 35.6 Å². The Balaban J connectivity index is 0.00000280. The van der Waals surface area contributed by atoms with Crippen molar-refractivity contribution in [2.45, 2.75) is 52.1 Å². The van der Waals surface area contributed by atoms with E-state index in [4.69, 9.17) is 9.15 Å². The van der Waals surface area contributed by atoms with Gasteiger partial charge in [-0.15, -0.1) is 24.0 Å². The Morgan fingerprint density at radius 2 is 1.96 bits per heavy atom. The molecule has 1 aliphatic rings. The lowest BCUT2D eigenvalue weighted by Gasteiger charge is -2.29. The Morgan fingerprint density at radius 1 is 1.25 bits per heavy atom. The summed E-state index contributed by atoms with van der Waals surface area (Å²) in [5, 5.41) is 7.96. The van der Waals surface area contributed by atoms with Crippen molar-refractivity contribution in [2.75, 3.05) is 13.7 Å². The molecule has 1 aromatic heterocycles. The van der Waals surface area contributed by atoms with E-state index in [2.05, 4.69) is 28.6 Å². The third-order valence-electron chi connectivity index (χ3n) is 5.27. The van der Waals surface area contributed by atoms with Crippen LogP contribution in [0.4, 0.5) is 0 Å². The van der Waals surface area contributed by atoms with E-state index in [-0.39, 0.29) is 35.9 Å². The molecule has 0 spiro atoms. The highest BCUT2D eigenvalue weighted by Crippen LogP contribution is 2.26. The van der Waals surface area contributed by atoms with Crippen molar-refractivity contribution in [3.63, 3.8) is 0 Å². The lowest BCUT2D eigenvalue weighted by atomic mass is 9.86. The fourth-order valence-corrected chi connectivity index (χ4v) is 3.68. The second-order valence-corrected chi connectivity index (χ2v) is 7.02. The minimum Gasteiger partial charge on any atom is -0.466 e. The van der Waals surface area contributed by atoms with Crippen LogP contribution in [0.3, 0.4) is 0 Å². The van der Waals surface area contributed by atoms with Crippen molar-refractivity contribution in [3.8, 4) is 0 Å². The number of guanidine groups is 1. The summed E-state index contributed by atoms with van der Waals surface area (Å²) in [7, 11) is 1.77. The number of halogens is 1. The number of esters is 1. The van der Waals surface area contributed by atoms with Crippen LogP contribution in [-0.2, 0) is 16.1 Å². The summed E-state index contributed by atoms with van der Waals surface area (Å²) in [6.45, 7) is 4.97. The van der Waals surface area contributed by atoms with Gasteiger partial charge in [-0.3, -0.25) is 9.79 Å². The van der Waals surface area contributed by atoms with Crippen LogP contribution in [0.1, 0.15) is 43.9 Å². The molecule has 0 aliphatic heterocycles. The average Bonchev–Trinajstić information content (AvgIpc) is 3.02. The first-order valence-electron chi connectivity index (χ1n) is 9.73. The van der Waals surface area contributed by atoms with Crippen LogP contribution in [0.5, 0.6) is 0 Å². The number of nitrogens with one attached hydrogen (secondary N) is 2. The fraction of sp³-hybridized carbons (Fsp3) is 0.524. The molecule has 1 aliphatic carbocycles. The van der Waals surface area contributed by atoms with Gasteiger partial charge in [-0.05, 0) is 45.6 Å². The van der Waals surface area contributed by atoms with Crippen LogP contribution in [-0.4, -0.2) is 31.6 Å². The lowest BCUT2D eigenvalue weighted by Crippen LogP contribution is -2.45. The van der Waals surface area contributed by atoms with E-state index in [1.807, 2.05) is 25.1 Å². The maximum Gasteiger partial charge on any atom is 0.308 e. The molecule has 0 amide bonds. The molecule has 0 radical (unpaired) electrons. The standard InChI is InChI=1S/C21H29N3O3.HI/c1-4-26-20(25)15-9-11-16(12-10-15)24-21(22-3)23-13-19-14(2)17-7-5-6-8-18(17)27-19;/h5-8,15-16H,4,9-13H2,1-3H3,(H2,22,23,24);1H. The van der Waals surface area contributed by atoms with E-state index in [0.717, 1.165) is 53.9 Å². The van der Waals surface area contributed by atoms with Gasteiger partial charge in [-0.25, -0.2) is 0 Å². The normalized spacial score (nSPS) is 19.8. The van der Waals surface area contributed by atoms with Crippen molar-refractivity contribution in [2.24, 2.45) is 10.9 Å². The van der Waals surface area contributed by atoms with Crippen molar-refractivity contribution in [1.82, 2.24) is 10.6 Å². The summed E-state index contributed by atoms with van der Waals surface area (Å²) >= 11 is 0. The van der Waals surface area contributed by atoms with Gasteiger partial charge in [0.25, 0.3) is 0 Å². The van der Waals surface area contributed by atoms with E-state index in [9.17, 15) is 4.79 Å². The number of aliphatic imine (C=N–C) groups is 1. The molecule has 3 rings (SSSR count). The largest absolute Gasteiger partial charge is 0.466 e. The summed E-state index contributed by atoms with van der Waals surface area (Å²) in [6.07, 6.45) is 3.59. The van der Waals surface area contributed by atoms with Crippen LogP contribution in [0.25, 0.3) is 11.0 Å². The Labute approximate surface area is 183 Å². The van der Waals surface area contributed by atoms with E-state index >= 15 is 0 Å². The summed E-state index contributed by atoms with van der Waals surface area (Å²) in [5.74, 6) is 1.66. The van der Waals surface area contributed by atoms with Crippen LogP contribution in [0.15, 0.2) is 33.7 Å². The third-order valence-corrected chi connectivity index (χ3v) is 5.27. The molecule has 1 aromatic carbocycles. The molecule has 2 N–H and O–H groups in total. The first-order valence-corrected chi connectivity index (χ1v) is 9.73. The van der Waals surface area contributed by atoms with Crippen LogP contribution < -0.4 is 10.6 Å². The molecule has 0 unspecified atom stereocenters. The third kappa shape index (κ3) is 5.40. The smallest absolute Gasteiger partial charge is 0.308 e. The highest BCUT2D eigenvalue weighted by atomic mass is 127. The number of benzene rings is 1. The maximum absolute atomic E-state index is 11.9. The number of ether oxygens (including phenoxy) is 1. The maximum atomic E-state index is 11.9. The number of furan rings is 1. The van der Waals surface area contributed by atoms with Gasteiger partial charge in [0.2, 0.25) is 0 Å². The summed E-state index contributed by atoms with van der Waals surface area (Å²) in [4.78, 5) is 16.2. The number of hydrogen-bond donors (Lipinski definition) is 2. The number of aryl methyl sites for hydroxylation is 1. The molecule has 6 nitrogen and oxygen atoms in total. The molecule has 7 heteroatoms. The number of para-hydroxylation sites is 1. The zero-order chi connectivity index (χ0) is 19.2. The van der Waals surface area contributed by atoms with Crippen LogP contribution >= 0.6 is 24.0 Å². The summed E-state index contributed by atoms with van der Waals surface area (Å²) in [5.41, 5.74) is 2.07. The molecule has 1 fully saturated rings. The van der Waals surface area contributed by atoms with Crippen molar-refractivity contribution < 1.29 is 13.9 Å². The Hall–Kier alpha value is -1.77. The Bertz CT molecular complexity index is 810. The van der Waals surface area contributed by atoms with Gasteiger partial charge < -0.3 is 19.8 Å². The number of hydrogen-bond acceptors (Lipinski definition) is 4. The van der Waals surface area contributed by atoms with Crippen LogP contribution in [0.2, 0.25) is 0 Å². The number of fused-ring (bicyclic) bond motifs is 1. The number of carbonyl (C=O) groups is 1. The highest BCUT2D eigenvalue weighted by Gasteiger charge is 2.27. The van der Waals surface area contributed by atoms with Gasteiger partial charge in [0.15, 0.2) is 5.96 Å². The molecule has 1 saturated carbocycles. The average molecular weight is 499 g/mol. The molecule has 2 aromatic rings. The lowest BCUT2D eigenvalue weighted by molar-refractivity contribution is -0.149. The quantitative estimate of drug-likeness (QED) is 0.280. The SMILES string of the molecule is CCOC(=O)C1CCC(NC(=NC)NCc2oc3ccccc3c2C)CC1.I. The fourth-order valence-electron chi connectivity index (χ4n) is 3.68. The Kier molecular flexibility index (Phi) is 8.59. The van der Waals surface area contributed by atoms with Crippen LogP contribution in [0, 0.1) is 12.8 Å². The van der Waals surface area contributed by atoms with Gasteiger partial charge in [0, 0.05) is 24.0 Å². The van der Waals surface area contributed by atoms with Crippen molar-refractivity contribution in [1.29, 1.82) is 0 Å². The van der Waals surface area contributed by atoms with Gasteiger partial charge in [-0.2, -0.15) is 0 Å². The Morgan fingerprint density at radius 3 is 2.61 bits per heavy atom. The summed E-state index contributed by atoms with van der Waals surface area (Å²) in [6, 6.07) is 8.39. The molecule has 0 bridgehead atoms. The predicted molar refractivity (Wildman–Crippen MR) is 122 cm³/mol. The molecule has 154 valence electrons. The zero-order valence-corrected chi connectivity index (χ0v) is 19.1. The van der Waals surface area contributed by atoms with Gasteiger partial charge >= 0.3 is 5.97 Å². The summed E-state index contributed by atoms with van der Waals surface area (Å²) < 4.78 is 11.1. The first kappa shape index (κ1) is 22.5. The molecular formula is C21H30IN3O3. The number of nitrogens with zero attached hydrogens (tertiary/aromatic N) is 1. The van der Waals surface area contributed by atoms with Gasteiger partial charge in [-0.1, -0.05) is 18.2 Å². The second-order valence-electron chi connectivity index (χ2n) is 7.02. The highest BCUT2D eigenvalue weighted by molar-refractivity contribution is 14.0. The minimum atomic E-state index is -0.0567. The predicted octanol–water partition coefficient (Wildman–Crippen LogP) is 4.15. The van der Waals surface area contributed by atoms with Gasteiger partial charge in [0.05, 0.1) is 19.1 Å². The van der Waals surface area contributed by atoms with E-state index in [1.165, 1.54) is 0 Å². The zero-order valence-electron chi connectivity index (χ0n) is 16.8. The first-order chi connectivity index (χ1) is 13.1. The molecule has 0 saturated heterocycles. The minimum absolute atomic E-state index is 0. The van der Waals surface area contributed by atoms with E-state index in [1.54, 1.807) is 7.05 Å². The number of rotatable bonds is 5. The molecule has 1 heterocycles. The van der Waals surface area contributed by atoms with E-state index in [0.29, 0.717) is 19.2 Å². The van der Waals surface area contributed by atoms with Crippen molar-refractivity contribution >= 4 is 46.9 Å². The topological polar surface area (TPSA) is 75.9 Å². The molecule has 28 heavy (non-hydrogen) atoms.